The summed E-state index contributed by atoms with van der Waals surface area (Å²) in [5.74, 6) is -0.123. The number of carboxylic acid groups (broad SMARTS) is 1. The Labute approximate surface area is 98.2 Å². The van der Waals surface area contributed by atoms with Crippen LogP contribution in [0.1, 0.15) is 10.4 Å². The predicted molar refractivity (Wildman–Crippen MR) is 63.0 cm³/mol. The van der Waals surface area contributed by atoms with Crippen molar-refractivity contribution in [2.45, 2.75) is 0 Å². The van der Waals surface area contributed by atoms with Crippen LogP contribution in [-0.2, 0) is 7.05 Å². The van der Waals surface area contributed by atoms with Crippen LogP contribution in [0.3, 0.4) is 0 Å². The normalized spacial score (nSPS) is 10.5. The van der Waals surface area contributed by atoms with Crippen molar-refractivity contribution >= 4 is 16.9 Å². The molecule has 5 heteroatoms. The molecule has 0 unspecified atom stereocenters. The minimum absolute atomic E-state index is 0.149. The average molecular weight is 235 g/mol. The number of methoxy groups -OCH3 is 2. The molecule has 1 aromatic carbocycles. The molecule has 0 atom stereocenters. The van der Waals surface area contributed by atoms with Crippen molar-refractivity contribution in [3.05, 3.63) is 23.9 Å². The molecular formula is C12H13NO4. The number of aromatic carboxylic acids is 1. The maximum atomic E-state index is 11.3. The van der Waals surface area contributed by atoms with E-state index in [9.17, 15) is 9.90 Å². The highest BCUT2D eigenvalue weighted by Crippen LogP contribution is 2.36. The molecule has 17 heavy (non-hydrogen) atoms. The molecule has 0 fully saturated rings. The van der Waals surface area contributed by atoms with Gasteiger partial charge >= 0.3 is 5.97 Å². The fourth-order valence-electron chi connectivity index (χ4n) is 1.96. The fourth-order valence-corrected chi connectivity index (χ4v) is 1.96. The Hall–Kier alpha value is -2.17. The maximum absolute atomic E-state index is 11.3. The van der Waals surface area contributed by atoms with Gasteiger partial charge in [-0.1, -0.05) is 0 Å². The zero-order valence-corrected chi connectivity index (χ0v) is 9.85. The van der Waals surface area contributed by atoms with Gasteiger partial charge in [-0.2, -0.15) is 0 Å². The van der Waals surface area contributed by atoms with E-state index in [1.807, 2.05) is 6.07 Å². The highest BCUT2D eigenvalue weighted by Gasteiger charge is 2.20. The van der Waals surface area contributed by atoms with E-state index in [0.29, 0.717) is 17.0 Å². The molecule has 0 saturated heterocycles. The number of carbonyl (C=O) groups is 1. The molecule has 90 valence electrons. The van der Waals surface area contributed by atoms with E-state index in [1.165, 1.54) is 7.11 Å². The number of aromatic nitrogens is 1. The van der Waals surface area contributed by atoms with Gasteiger partial charge in [0, 0.05) is 24.7 Å². The van der Waals surface area contributed by atoms with Crippen molar-refractivity contribution in [2.75, 3.05) is 14.2 Å². The molecule has 1 aromatic heterocycles. The number of carboxylic acids is 1. The lowest BCUT2D eigenvalue weighted by Gasteiger charge is -2.11. The average Bonchev–Trinajstić information content (AvgIpc) is 2.69. The van der Waals surface area contributed by atoms with Gasteiger partial charge in [-0.3, -0.25) is 0 Å². The smallest absolute Gasteiger partial charge is 0.341 e. The summed E-state index contributed by atoms with van der Waals surface area (Å²) < 4.78 is 12.1. The summed E-state index contributed by atoms with van der Waals surface area (Å²) >= 11 is 0. The van der Waals surface area contributed by atoms with Crippen molar-refractivity contribution in [3.63, 3.8) is 0 Å². The SMILES string of the molecule is COc1cc(OC)c2ccn(C)c2c1C(=O)O. The molecule has 2 aromatic rings. The van der Waals surface area contributed by atoms with Gasteiger partial charge in [-0.25, -0.2) is 4.79 Å². The standard InChI is InChI=1S/C12H13NO4/c1-13-5-4-7-8(16-2)6-9(17-3)10(11(7)13)12(14)15/h4-6H,1-3H3,(H,14,15). The third kappa shape index (κ3) is 1.60. The number of hydrogen-bond donors (Lipinski definition) is 1. The van der Waals surface area contributed by atoms with Crippen LogP contribution in [0.2, 0.25) is 0 Å². The molecule has 0 aliphatic rings. The van der Waals surface area contributed by atoms with Crippen LogP contribution in [0, 0.1) is 0 Å². The van der Waals surface area contributed by atoms with Gasteiger partial charge in [-0.05, 0) is 6.07 Å². The second kappa shape index (κ2) is 4.01. The molecule has 0 amide bonds. The van der Waals surface area contributed by atoms with Gasteiger partial charge in [0.25, 0.3) is 0 Å². The molecule has 0 aliphatic carbocycles. The number of benzene rings is 1. The lowest BCUT2D eigenvalue weighted by Crippen LogP contribution is -2.04. The molecule has 0 bridgehead atoms. The zero-order valence-electron chi connectivity index (χ0n) is 9.85. The van der Waals surface area contributed by atoms with Gasteiger partial charge in [0.2, 0.25) is 0 Å². The number of aryl methyl sites for hydroxylation is 1. The Balaban J connectivity index is 2.93. The topological polar surface area (TPSA) is 60.7 Å². The third-order valence-electron chi connectivity index (χ3n) is 2.74. The second-order valence-corrected chi connectivity index (χ2v) is 3.65. The zero-order chi connectivity index (χ0) is 12.6. The molecule has 0 spiro atoms. The number of hydrogen-bond acceptors (Lipinski definition) is 3. The predicted octanol–water partition coefficient (Wildman–Crippen LogP) is 1.89. The van der Waals surface area contributed by atoms with Gasteiger partial charge in [0.05, 0.1) is 19.7 Å². The van der Waals surface area contributed by atoms with Crippen LogP contribution >= 0.6 is 0 Å². The molecule has 1 N–H and O–H groups in total. The van der Waals surface area contributed by atoms with Gasteiger partial charge < -0.3 is 19.1 Å². The fraction of sp³-hybridized carbons (Fsp3) is 0.250. The number of nitrogens with zero attached hydrogens (tertiary/aromatic N) is 1. The Kier molecular flexibility index (Phi) is 2.67. The maximum Gasteiger partial charge on any atom is 0.341 e. The van der Waals surface area contributed by atoms with E-state index in [0.717, 1.165) is 5.39 Å². The number of ether oxygens (including phenoxy) is 2. The van der Waals surface area contributed by atoms with Crippen molar-refractivity contribution in [1.29, 1.82) is 0 Å². The molecule has 1 heterocycles. The van der Waals surface area contributed by atoms with Crippen LogP contribution < -0.4 is 9.47 Å². The van der Waals surface area contributed by atoms with E-state index >= 15 is 0 Å². The van der Waals surface area contributed by atoms with Crippen LogP contribution in [-0.4, -0.2) is 29.9 Å². The van der Waals surface area contributed by atoms with Crippen LogP contribution in [0.4, 0.5) is 0 Å². The van der Waals surface area contributed by atoms with Crippen molar-refractivity contribution in [2.24, 2.45) is 7.05 Å². The first-order valence-corrected chi connectivity index (χ1v) is 5.03. The summed E-state index contributed by atoms with van der Waals surface area (Å²) in [7, 11) is 4.77. The first-order valence-electron chi connectivity index (χ1n) is 5.03. The molecule has 0 radical (unpaired) electrons. The Morgan fingerprint density at radius 1 is 1.29 bits per heavy atom. The monoisotopic (exact) mass is 235 g/mol. The number of rotatable bonds is 3. The van der Waals surface area contributed by atoms with E-state index in [2.05, 4.69) is 0 Å². The summed E-state index contributed by atoms with van der Waals surface area (Å²) in [6, 6.07) is 3.41. The highest BCUT2D eigenvalue weighted by molar-refractivity contribution is 6.07. The highest BCUT2D eigenvalue weighted by atomic mass is 16.5. The van der Waals surface area contributed by atoms with Gasteiger partial charge in [0.15, 0.2) is 0 Å². The van der Waals surface area contributed by atoms with Gasteiger partial charge in [-0.15, -0.1) is 0 Å². The minimum Gasteiger partial charge on any atom is -0.496 e. The minimum atomic E-state index is -1.02. The Morgan fingerprint density at radius 3 is 2.47 bits per heavy atom. The van der Waals surface area contributed by atoms with Crippen molar-refractivity contribution < 1.29 is 19.4 Å². The van der Waals surface area contributed by atoms with E-state index in [-0.39, 0.29) is 5.56 Å². The number of fused-ring (bicyclic) bond motifs is 1. The lowest BCUT2D eigenvalue weighted by molar-refractivity contribution is 0.0695. The summed E-state index contributed by atoms with van der Waals surface area (Å²) in [6.45, 7) is 0. The molecular weight excluding hydrogens is 222 g/mol. The Bertz CT molecular complexity index is 586. The molecule has 0 aliphatic heterocycles. The summed E-state index contributed by atoms with van der Waals surface area (Å²) in [5, 5.41) is 10.0. The van der Waals surface area contributed by atoms with Crippen LogP contribution in [0.25, 0.3) is 10.9 Å². The summed E-state index contributed by atoms with van der Waals surface area (Å²) in [4.78, 5) is 11.3. The largest absolute Gasteiger partial charge is 0.496 e. The summed E-state index contributed by atoms with van der Waals surface area (Å²) in [6.07, 6.45) is 1.79. The Morgan fingerprint density at radius 2 is 1.94 bits per heavy atom. The lowest BCUT2D eigenvalue weighted by atomic mass is 10.1. The van der Waals surface area contributed by atoms with Crippen LogP contribution in [0.5, 0.6) is 11.5 Å². The molecule has 0 saturated carbocycles. The third-order valence-corrected chi connectivity index (χ3v) is 2.74. The first kappa shape index (κ1) is 11.3. The first-order chi connectivity index (χ1) is 8.10. The van der Waals surface area contributed by atoms with Crippen molar-refractivity contribution in [1.82, 2.24) is 4.57 Å². The quantitative estimate of drug-likeness (QED) is 0.882. The van der Waals surface area contributed by atoms with Crippen LogP contribution in [0.15, 0.2) is 18.3 Å². The van der Waals surface area contributed by atoms with Crippen molar-refractivity contribution in [3.8, 4) is 11.5 Å². The van der Waals surface area contributed by atoms with E-state index < -0.39 is 5.97 Å². The van der Waals surface area contributed by atoms with E-state index in [4.69, 9.17) is 9.47 Å². The summed E-state index contributed by atoms with van der Waals surface area (Å²) in [5.41, 5.74) is 0.740. The second-order valence-electron chi connectivity index (χ2n) is 3.65. The van der Waals surface area contributed by atoms with E-state index in [1.54, 1.807) is 31.0 Å². The molecule has 2 rings (SSSR count). The molecule has 5 nitrogen and oxygen atoms in total. The van der Waals surface area contributed by atoms with Gasteiger partial charge in [0.1, 0.15) is 17.1 Å².